The number of carbonyl (C=O) groups excluding carboxylic acids is 2. The van der Waals surface area contributed by atoms with Gasteiger partial charge in [0, 0.05) is 24.7 Å². The molecular formula is C22H29ClN4O2. The number of carbonyl (C=O) groups is 2. The molecule has 1 aliphatic rings. The number of hydrogen-bond donors (Lipinski definition) is 3. The summed E-state index contributed by atoms with van der Waals surface area (Å²) in [7, 11) is 0. The van der Waals surface area contributed by atoms with Crippen LogP contribution in [0.25, 0.3) is 0 Å². The molecule has 1 fully saturated rings. The Bertz CT molecular complexity index is 844. The molecule has 2 atom stereocenters. The van der Waals surface area contributed by atoms with Gasteiger partial charge in [-0.05, 0) is 55.1 Å². The average molecular weight is 417 g/mol. The lowest BCUT2D eigenvalue weighted by Crippen LogP contribution is -2.41. The zero-order valence-corrected chi connectivity index (χ0v) is 17.7. The Kier molecular flexibility index (Phi) is 8.20. The van der Waals surface area contributed by atoms with E-state index in [2.05, 4.69) is 27.7 Å². The predicted molar refractivity (Wildman–Crippen MR) is 118 cm³/mol. The Hall–Kier alpha value is -2.41. The SMILES string of the molecule is Cc1ccc(NC(=O)NC(=O)CN2C[C@@H](CN)[C@H](c3ccccc3)C2)cc1C.Cl. The number of nitrogens with one attached hydrogen (secondary N) is 2. The highest BCUT2D eigenvalue weighted by Crippen LogP contribution is 2.31. The van der Waals surface area contributed by atoms with E-state index in [0.29, 0.717) is 24.1 Å². The zero-order chi connectivity index (χ0) is 20.1. The molecule has 0 unspecified atom stereocenters. The third kappa shape index (κ3) is 6.03. The monoisotopic (exact) mass is 416 g/mol. The van der Waals surface area contributed by atoms with Crippen LogP contribution in [-0.4, -0.2) is 43.0 Å². The molecule has 156 valence electrons. The van der Waals surface area contributed by atoms with Crippen molar-refractivity contribution >= 4 is 30.0 Å². The normalized spacial score (nSPS) is 18.7. The van der Waals surface area contributed by atoms with Gasteiger partial charge in [-0.2, -0.15) is 0 Å². The number of rotatable bonds is 5. The lowest BCUT2D eigenvalue weighted by atomic mass is 9.89. The number of anilines is 1. The number of benzene rings is 2. The van der Waals surface area contributed by atoms with E-state index in [9.17, 15) is 9.59 Å². The molecule has 1 saturated heterocycles. The van der Waals surface area contributed by atoms with Gasteiger partial charge in [0.2, 0.25) is 5.91 Å². The van der Waals surface area contributed by atoms with E-state index in [4.69, 9.17) is 5.73 Å². The maximum atomic E-state index is 12.3. The maximum Gasteiger partial charge on any atom is 0.325 e. The Morgan fingerprint density at radius 3 is 2.45 bits per heavy atom. The van der Waals surface area contributed by atoms with Crippen molar-refractivity contribution in [3.05, 3.63) is 65.2 Å². The molecular weight excluding hydrogens is 388 g/mol. The minimum absolute atomic E-state index is 0. The number of hydrogen-bond acceptors (Lipinski definition) is 4. The number of likely N-dealkylation sites (tertiary alicyclic amines) is 1. The summed E-state index contributed by atoms with van der Waals surface area (Å²) in [5, 5.41) is 5.13. The number of nitrogens with two attached hydrogens (primary N) is 1. The van der Waals surface area contributed by atoms with Crippen LogP contribution in [0.3, 0.4) is 0 Å². The first-order valence-corrected chi connectivity index (χ1v) is 9.61. The minimum atomic E-state index is -0.512. The summed E-state index contributed by atoms with van der Waals surface area (Å²) < 4.78 is 0. The second-order valence-corrected chi connectivity index (χ2v) is 7.51. The maximum absolute atomic E-state index is 12.3. The van der Waals surface area contributed by atoms with Crippen molar-refractivity contribution in [1.82, 2.24) is 10.2 Å². The first kappa shape index (κ1) is 22.9. The Labute approximate surface area is 178 Å². The van der Waals surface area contributed by atoms with Crippen LogP contribution in [0.15, 0.2) is 48.5 Å². The van der Waals surface area contributed by atoms with E-state index in [1.54, 1.807) is 0 Å². The molecule has 1 aliphatic heterocycles. The summed E-state index contributed by atoms with van der Waals surface area (Å²) in [6, 6.07) is 15.4. The molecule has 6 nitrogen and oxygen atoms in total. The molecule has 2 aromatic carbocycles. The summed E-state index contributed by atoms with van der Waals surface area (Å²) in [5.74, 6) is 0.300. The molecule has 0 bridgehead atoms. The van der Waals surface area contributed by atoms with Crippen molar-refractivity contribution in [2.75, 3.05) is 31.5 Å². The van der Waals surface area contributed by atoms with E-state index >= 15 is 0 Å². The fourth-order valence-electron chi connectivity index (χ4n) is 3.76. The molecule has 0 spiro atoms. The Balaban J connectivity index is 0.00000300. The Morgan fingerprint density at radius 1 is 1.07 bits per heavy atom. The standard InChI is InChI=1S/C22H28N4O2.ClH/c1-15-8-9-19(10-16(15)2)24-22(28)25-21(27)14-26-12-18(11-23)20(13-26)17-6-4-3-5-7-17;/h3-10,18,20H,11-14,23H2,1-2H3,(H2,24,25,27,28);1H/t18-,20+;/m1./s1. The Morgan fingerprint density at radius 2 is 1.79 bits per heavy atom. The van der Waals surface area contributed by atoms with Crippen LogP contribution < -0.4 is 16.4 Å². The highest BCUT2D eigenvalue weighted by atomic mass is 35.5. The number of nitrogens with zero attached hydrogens (tertiary/aromatic N) is 1. The molecule has 0 aliphatic carbocycles. The molecule has 1 heterocycles. The van der Waals surface area contributed by atoms with Gasteiger partial charge in [-0.1, -0.05) is 36.4 Å². The van der Waals surface area contributed by atoms with Crippen LogP contribution in [0.1, 0.15) is 22.6 Å². The van der Waals surface area contributed by atoms with Crippen LogP contribution in [0.5, 0.6) is 0 Å². The van der Waals surface area contributed by atoms with Gasteiger partial charge in [0.1, 0.15) is 0 Å². The number of urea groups is 1. The van der Waals surface area contributed by atoms with Crippen molar-refractivity contribution in [1.29, 1.82) is 0 Å². The number of halogens is 1. The van der Waals surface area contributed by atoms with Gasteiger partial charge in [0.25, 0.3) is 0 Å². The zero-order valence-electron chi connectivity index (χ0n) is 16.9. The van der Waals surface area contributed by atoms with Gasteiger partial charge in [-0.15, -0.1) is 12.4 Å². The highest BCUT2D eigenvalue weighted by Gasteiger charge is 2.33. The lowest BCUT2D eigenvalue weighted by molar-refractivity contribution is -0.120. The molecule has 3 rings (SSSR count). The fourth-order valence-corrected chi connectivity index (χ4v) is 3.76. The average Bonchev–Trinajstić information content (AvgIpc) is 3.08. The summed E-state index contributed by atoms with van der Waals surface area (Å²) >= 11 is 0. The minimum Gasteiger partial charge on any atom is -0.330 e. The highest BCUT2D eigenvalue weighted by molar-refractivity contribution is 6.01. The van der Waals surface area contributed by atoms with Crippen molar-refractivity contribution in [3.63, 3.8) is 0 Å². The smallest absolute Gasteiger partial charge is 0.325 e. The molecule has 0 radical (unpaired) electrons. The molecule has 0 saturated carbocycles. The largest absolute Gasteiger partial charge is 0.330 e. The summed E-state index contributed by atoms with van der Waals surface area (Å²) in [6.07, 6.45) is 0. The van der Waals surface area contributed by atoms with Crippen molar-refractivity contribution in [2.24, 2.45) is 11.7 Å². The lowest BCUT2D eigenvalue weighted by Gasteiger charge is -2.16. The third-order valence-electron chi connectivity index (χ3n) is 5.43. The molecule has 7 heteroatoms. The molecule has 4 N–H and O–H groups in total. The predicted octanol–water partition coefficient (Wildman–Crippen LogP) is 3.05. The van der Waals surface area contributed by atoms with Crippen LogP contribution in [0.2, 0.25) is 0 Å². The van der Waals surface area contributed by atoms with Crippen LogP contribution in [0.4, 0.5) is 10.5 Å². The quantitative estimate of drug-likeness (QED) is 0.699. The van der Waals surface area contributed by atoms with E-state index in [1.165, 1.54) is 5.56 Å². The second-order valence-electron chi connectivity index (χ2n) is 7.51. The van der Waals surface area contributed by atoms with Gasteiger partial charge < -0.3 is 11.1 Å². The van der Waals surface area contributed by atoms with Gasteiger partial charge >= 0.3 is 6.03 Å². The third-order valence-corrected chi connectivity index (χ3v) is 5.43. The summed E-state index contributed by atoms with van der Waals surface area (Å²) in [4.78, 5) is 26.5. The number of aryl methyl sites for hydroxylation is 2. The number of imide groups is 1. The van der Waals surface area contributed by atoms with E-state index in [0.717, 1.165) is 24.2 Å². The molecule has 0 aromatic heterocycles. The van der Waals surface area contributed by atoms with Crippen LogP contribution in [0, 0.1) is 19.8 Å². The molecule has 3 amide bonds. The van der Waals surface area contributed by atoms with Gasteiger partial charge in [-0.3, -0.25) is 15.0 Å². The fraction of sp³-hybridized carbons (Fsp3) is 0.364. The van der Waals surface area contributed by atoms with Crippen LogP contribution >= 0.6 is 12.4 Å². The van der Waals surface area contributed by atoms with Gasteiger partial charge in [0.05, 0.1) is 6.54 Å². The first-order valence-electron chi connectivity index (χ1n) is 9.61. The number of amides is 3. The second kappa shape index (κ2) is 10.4. The molecule has 2 aromatic rings. The summed E-state index contributed by atoms with van der Waals surface area (Å²) in [5.41, 5.74) is 10.1. The van der Waals surface area contributed by atoms with E-state index < -0.39 is 6.03 Å². The van der Waals surface area contributed by atoms with Gasteiger partial charge in [0.15, 0.2) is 0 Å². The van der Waals surface area contributed by atoms with E-state index in [1.807, 2.05) is 50.2 Å². The van der Waals surface area contributed by atoms with Crippen molar-refractivity contribution < 1.29 is 9.59 Å². The van der Waals surface area contributed by atoms with Crippen molar-refractivity contribution in [2.45, 2.75) is 19.8 Å². The summed E-state index contributed by atoms with van der Waals surface area (Å²) in [6.45, 7) is 6.26. The van der Waals surface area contributed by atoms with Crippen LogP contribution in [-0.2, 0) is 4.79 Å². The van der Waals surface area contributed by atoms with E-state index in [-0.39, 0.29) is 24.9 Å². The topological polar surface area (TPSA) is 87.5 Å². The molecule has 29 heavy (non-hydrogen) atoms. The first-order chi connectivity index (χ1) is 13.5. The van der Waals surface area contributed by atoms with Crippen molar-refractivity contribution in [3.8, 4) is 0 Å². The van der Waals surface area contributed by atoms with Gasteiger partial charge in [-0.25, -0.2) is 4.79 Å².